The van der Waals surface area contributed by atoms with Gasteiger partial charge in [-0.25, -0.2) is 10.1 Å². The zero-order valence-corrected chi connectivity index (χ0v) is 11.4. The number of aromatic hydroxyl groups is 1. The first-order chi connectivity index (χ1) is 9.49. The van der Waals surface area contributed by atoms with Crippen LogP contribution in [0.15, 0.2) is 28.0 Å². The van der Waals surface area contributed by atoms with Crippen molar-refractivity contribution in [3.63, 3.8) is 0 Å². The molecule has 1 aromatic heterocycles. The van der Waals surface area contributed by atoms with Crippen molar-refractivity contribution in [1.82, 2.24) is 14.9 Å². The van der Waals surface area contributed by atoms with Gasteiger partial charge in [-0.15, -0.1) is 10.2 Å². The quantitative estimate of drug-likeness (QED) is 0.323. The molecule has 0 saturated heterocycles. The average Bonchev–Trinajstić information content (AvgIpc) is 2.80. The largest absolute Gasteiger partial charge is 0.506 e. The summed E-state index contributed by atoms with van der Waals surface area (Å²) in [4.78, 5) is 10.1. The highest BCUT2D eigenvalue weighted by Gasteiger charge is 2.13. The Balaban J connectivity index is 2.24. The average molecular weight is 342 g/mol. The van der Waals surface area contributed by atoms with Crippen LogP contribution in [0.5, 0.6) is 5.75 Å². The number of nitrogen functional groups attached to an aromatic ring is 1. The summed E-state index contributed by atoms with van der Waals surface area (Å²) in [5.41, 5.74) is 2.45. The molecule has 0 aliphatic rings. The van der Waals surface area contributed by atoms with Crippen LogP contribution in [0.25, 0.3) is 0 Å². The summed E-state index contributed by atoms with van der Waals surface area (Å²) < 4.78 is 1.29. The summed E-state index contributed by atoms with van der Waals surface area (Å²) in [5, 5.41) is 31.4. The van der Waals surface area contributed by atoms with Crippen molar-refractivity contribution in [2.75, 3.05) is 11.3 Å². The van der Waals surface area contributed by atoms with Crippen LogP contribution in [0, 0.1) is 10.1 Å². The number of non-ortho nitro benzene ring substituents is 1. The van der Waals surface area contributed by atoms with E-state index in [-0.39, 0.29) is 27.4 Å². The number of benzene rings is 1. The number of phenols is 1. The van der Waals surface area contributed by atoms with E-state index in [1.807, 2.05) is 0 Å². The molecule has 0 amide bonds. The first-order valence-electron chi connectivity index (χ1n) is 5.10. The van der Waals surface area contributed by atoms with Crippen molar-refractivity contribution in [2.45, 2.75) is 0 Å². The van der Waals surface area contributed by atoms with Crippen molar-refractivity contribution in [2.24, 2.45) is 5.10 Å². The van der Waals surface area contributed by atoms with Gasteiger partial charge in [-0.05, 0) is 15.9 Å². The van der Waals surface area contributed by atoms with Crippen LogP contribution in [0.4, 0.5) is 11.6 Å². The summed E-state index contributed by atoms with van der Waals surface area (Å²) >= 11 is 3.02. The second kappa shape index (κ2) is 5.52. The number of nitrogens with zero attached hydrogens (tertiary/aromatic N) is 5. The van der Waals surface area contributed by atoms with Crippen molar-refractivity contribution < 1.29 is 10.0 Å². The lowest BCUT2D eigenvalue weighted by Gasteiger charge is -2.02. The molecule has 2 rings (SSSR count). The fourth-order valence-electron chi connectivity index (χ4n) is 1.29. The predicted molar refractivity (Wildman–Crippen MR) is 73.9 cm³/mol. The van der Waals surface area contributed by atoms with Gasteiger partial charge < -0.3 is 10.9 Å². The zero-order valence-electron chi connectivity index (χ0n) is 9.76. The number of anilines is 1. The van der Waals surface area contributed by atoms with Gasteiger partial charge in [0.15, 0.2) is 0 Å². The number of nitro groups is 1. The van der Waals surface area contributed by atoms with Gasteiger partial charge in [0.2, 0.25) is 0 Å². The van der Waals surface area contributed by atoms with E-state index in [9.17, 15) is 15.2 Å². The number of aromatic nitrogens is 3. The molecule has 1 aromatic carbocycles. The number of nitrogens with two attached hydrogens (primary N) is 1. The van der Waals surface area contributed by atoms with Crippen LogP contribution in [0.3, 0.4) is 0 Å². The third-order valence-electron chi connectivity index (χ3n) is 2.23. The Morgan fingerprint density at radius 1 is 1.60 bits per heavy atom. The van der Waals surface area contributed by atoms with E-state index in [0.717, 1.165) is 4.68 Å². The highest BCUT2D eigenvalue weighted by Crippen LogP contribution is 2.31. The molecule has 0 bridgehead atoms. The van der Waals surface area contributed by atoms with Gasteiger partial charge >= 0.3 is 0 Å². The van der Waals surface area contributed by atoms with E-state index in [1.165, 1.54) is 24.7 Å². The fraction of sp³-hybridized carbons (Fsp3) is 0. The van der Waals surface area contributed by atoms with Crippen LogP contribution in [-0.2, 0) is 0 Å². The van der Waals surface area contributed by atoms with Gasteiger partial charge in [0.1, 0.15) is 12.1 Å². The maximum Gasteiger partial charge on any atom is 0.271 e. The maximum atomic E-state index is 10.7. The third kappa shape index (κ3) is 2.83. The van der Waals surface area contributed by atoms with E-state index in [2.05, 4.69) is 36.7 Å². The molecule has 0 fully saturated rings. The number of hydrazone groups is 1. The van der Waals surface area contributed by atoms with Gasteiger partial charge in [-0.2, -0.15) is 5.10 Å². The first kappa shape index (κ1) is 13.7. The summed E-state index contributed by atoms with van der Waals surface area (Å²) in [6.45, 7) is 0. The summed E-state index contributed by atoms with van der Waals surface area (Å²) in [6, 6.07) is 2.37. The second-order valence-electron chi connectivity index (χ2n) is 3.55. The third-order valence-corrected chi connectivity index (χ3v) is 2.83. The van der Waals surface area contributed by atoms with Crippen molar-refractivity contribution in [3.8, 4) is 5.75 Å². The Labute approximate surface area is 120 Å². The monoisotopic (exact) mass is 341 g/mol. The highest BCUT2D eigenvalue weighted by atomic mass is 79.9. The molecule has 20 heavy (non-hydrogen) atoms. The van der Waals surface area contributed by atoms with Crippen molar-refractivity contribution in [1.29, 1.82) is 0 Å². The van der Waals surface area contributed by atoms with Crippen molar-refractivity contribution >= 4 is 33.8 Å². The number of halogens is 1. The van der Waals surface area contributed by atoms with E-state index in [4.69, 9.17) is 5.84 Å². The molecule has 4 N–H and O–H groups in total. The predicted octanol–water partition coefficient (Wildman–Crippen LogP) is 0.814. The smallest absolute Gasteiger partial charge is 0.271 e. The molecule has 0 saturated carbocycles. The summed E-state index contributed by atoms with van der Waals surface area (Å²) in [6.07, 6.45) is 2.46. The number of hydrogen-bond donors (Lipinski definition) is 3. The Morgan fingerprint density at radius 2 is 2.35 bits per heavy atom. The number of hydrogen-bond acceptors (Lipinski definition) is 8. The second-order valence-corrected chi connectivity index (χ2v) is 4.41. The van der Waals surface area contributed by atoms with Gasteiger partial charge in [0.25, 0.3) is 11.6 Å². The van der Waals surface area contributed by atoms with Crippen LogP contribution in [-0.4, -0.2) is 31.1 Å². The number of rotatable bonds is 4. The summed E-state index contributed by atoms with van der Waals surface area (Å²) in [5.74, 6) is 5.45. The Hall–Kier alpha value is -2.69. The lowest BCUT2D eigenvalue weighted by Crippen LogP contribution is -2.10. The minimum atomic E-state index is -0.578. The lowest BCUT2D eigenvalue weighted by molar-refractivity contribution is -0.385. The zero-order chi connectivity index (χ0) is 14.7. The van der Waals surface area contributed by atoms with Crippen LogP contribution in [0.2, 0.25) is 0 Å². The van der Waals surface area contributed by atoms with Gasteiger partial charge in [0, 0.05) is 17.7 Å². The molecule has 0 radical (unpaired) electrons. The SMILES string of the molecule is Nn1cnnc1N/N=C/c1cc([N+](=O)[O-])cc(Br)c1O. The molecule has 104 valence electrons. The van der Waals surface area contributed by atoms with Crippen LogP contribution >= 0.6 is 15.9 Å². The number of nitro benzene ring substituents is 1. The van der Waals surface area contributed by atoms with Crippen LogP contribution < -0.4 is 11.3 Å². The number of nitrogens with one attached hydrogen (secondary N) is 1. The van der Waals surface area contributed by atoms with E-state index in [0.29, 0.717) is 0 Å². The summed E-state index contributed by atoms with van der Waals surface area (Å²) in [7, 11) is 0. The molecule has 0 atom stereocenters. The molecule has 11 heteroatoms. The normalized spacial score (nSPS) is 10.8. The van der Waals surface area contributed by atoms with E-state index < -0.39 is 4.92 Å². The maximum absolute atomic E-state index is 10.7. The molecule has 0 aliphatic heterocycles. The Kier molecular flexibility index (Phi) is 3.79. The minimum Gasteiger partial charge on any atom is -0.506 e. The Morgan fingerprint density at radius 3 is 2.95 bits per heavy atom. The minimum absolute atomic E-state index is 0.154. The molecule has 0 unspecified atom stereocenters. The van der Waals surface area contributed by atoms with Crippen molar-refractivity contribution in [3.05, 3.63) is 38.6 Å². The first-order valence-corrected chi connectivity index (χ1v) is 5.89. The van der Waals surface area contributed by atoms with E-state index >= 15 is 0 Å². The highest BCUT2D eigenvalue weighted by molar-refractivity contribution is 9.10. The standard InChI is InChI=1S/C9H8BrN7O3/c10-7-2-6(17(19)20)1-5(8(7)18)3-12-14-9-15-13-4-16(9)11/h1-4,18H,11H2,(H,14,15)/b12-3+. The lowest BCUT2D eigenvalue weighted by atomic mass is 10.2. The molecular formula is C9H8BrN7O3. The van der Waals surface area contributed by atoms with E-state index in [1.54, 1.807) is 0 Å². The molecule has 0 spiro atoms. The van der Waals surface area contributed by atoms with Gasteiger partial charge in [0.05, 0.1) is 15.6 Å². The van der Waals surface area contributed by atoms with Gasteiger partial charge in [-0.3, -0.25) is 10.1 Å². The molecule has 0 aliphatic carbocycles. The molecule has 10 nitrogen and oxygen atoms in total. The number of phenolic OH excluding ortho intramolecular Hbond substituents is 1. The molecular weight excluding hydrogens is 334 g/mol. The molecule has 2 aromatic rings. The molecule has 1 heterocycles. The van der Waals surface area contributed by atoms with Gasteiger partial charge in [-0.1, -0.05) is 0 Å². The Bertz CT molecular complexity index is 684. The topological polar surface area (TPSA) is 144 Å². The fourth-order valence-corrected chi connectivity index (χ4v) is 1.75. The van der Waals surface area contributed by atoms with Crippen LogP contribution in [0.1, 0.15) is 5.56 Å².